The average molecular weight is 202 g/mol. The first-order valence-electron chi connectivity index (χ1n) is 3.50. The van der Waals surface area contributed by atoms with Gasteiger partial charge in [-0.1, -0.05) is 17.7 Å². The third-order valence-corrected chi connectivity index (χ3v) is 1.64. The molecule has 1 aromatic rings. The molecule has 4 nitrogen and oxygen atoms in total. The molecule has 0 amide bonds. The van der Waals surface area contributed by atoms with Crippen LogP contribution in [-0.4, -0.2) is 17.7 Å². The summed E-state index contributed by atoms with van der Waals surface area (Å²) in [5.74, 6) is -0.856. The lowest BCUT2D eigenvalue weighted by Gasteiger charge is -2.07. The SMILES string of the molecule is Nc1cccc(Cl)c1OCC(=O)O. The smallest absolute Gasteiger partial charge is 0.341 e. The van der Waals surface area contributed by atoms with E-state index in [-0.39, 0.29) is 5.75 Å². The van der Waals surface area contributed by atoms with Gasteiger partial charge in [-0.3, -0.25) is 0 Å². The lowest BCUT2D eigenvalue weighted by atomic mass is 10.3. The number of nitrogens with two attached hydrogens (primary N) is 1. The van der Waals surface area contributed by atoms with Gasteiger partial charge in [-0.05, 0) is 12.1 Å². The summed E-state index contributed by atoms with van der Waals surface area (Å²) in [5, 5.41) is 8.65. The predicted molar refractivity (Wildman–Crippen MR) is 49.0 cm³/mol. The van der Waals surface area contributed by atoms with E-state index >= 15 is 0 Å². The van der Waals surface area contributed by atoms with Crippen molar-refractivity contribution in [2.75, 3.05) is 12.3 Å². The molecule has 0 fully saturated rings. The normalized spacial score (nSPS) is 9.62. The van der Waals surface area contributed by atoms with Crippen LogP contribution in [0.1, 0.15) is 0 Å². The second kappa shape index (κ2) is 4.00. The van der Waals surface area contributed by atoms with Crippen LogP contribution in [0.15, 0.2) is 18.2 Å². The number of halogens is 1. The van der Waals surface area contributed by atoms with Crippen LogP contribution in [-0.2, 0) is 4.79 Å². The summed E-state index contributed by atoms with van der Waals surface area (Å²) in [4.78, 5) is 10.2. The topological polar surface area (TPSA) is 72.5 Å². The van der Waals surface area contributed by atoms with Crippen LogP contribution in [0.25, 0.3) is 0 Å². The first-order chi connectivity index (χ1) is 6.11. The van der Waals surface area contributed by atoms with Gasteiger partial charge in [0, 0.05) is 0 Å². The minimum atomic E-state index is -1.07. The highest BCUT2D eigenvalue weighted by atomic mass is 35.5. The monoisotopic (exact) mass is 201 g/mol. The number of rotatable bonds is 3. The first kappa shape index (κ1) is 9.67. The zero-order valence-corrected chi connectivity index (χ0v) is 7.41. The Morgan fingerprint density at radius 1 is 1.62 bits per heavy atom. The van der Waals surface area contributed by atoms with E-state index in [0.29, 0.717) is 10.7 Å². The van der Waals surface area contributed by atoms with E-state index in [0.717, 1.165) is 0 Å². The van der Waals surface area contributed by atoms with Gasteiger partial charge in [-0.15, -0.1) is 0 Å². The number of para-hydroxylation sites is 1. The fourth-order valence-electron chi connectivity index (χ4n) is 0.812. The van der Waals surface area contributed by atoms with Gasteiger partial charge in [-0.25, -0.2) is 4.79 Å². The summed E-state index contributed by atoms with van der Waals surface area (Å²) in [6.07, 6.45) is 0. The van der Waals surface area contributed by atoms with E-state index in [2.05, 4.69) is 0 Å². The Balaban J connectivity index is 2.81. The van der Waals surface area contributed by atoms with E-state index in [4.69, 9.17) is 27.2 Å². The van der Waals surface area contributed by atoms with E-state index in [1.807, 2.05) is 0 Å². The number of hydrogen-bond acceptors (Lipinski definition) is 3. The van der Waals surface area contributed by atoms with Gasteiger partial charge in [0.1, 0.15) is 0 Å². The fourth-order valence-corrected chi connectivity index (χ4v) is 1.05. The highest BCUT2D eigenvalue weighted by molar-refractivity contribution is 6.32. The van der Waals surface area contributed by atoms with Gasteiger partial charge < -0.3 is 15.6 Å². The predicted octanol–water partition coefficient (Wildman–Crippen LogP) is 1.39. The molecule has 0 aliphatic rings. The first-order valence-corrected chi connectivity index (χ1v) is 3.87. The highest BCUT2D eigenvalue weighted by Crippen LogP contribution is 2.30. The van der Waals surface area contributed by atoms with Gasteiger partial charge in [0.05, 0.1) is 10.7 Å². The second-order valence-corrected chi connectivity index (χ2v) is 2.75. The molecule has 0 atom stereocenters. The molecule has 70 valence electrons. The molecule has 5 heteroatoms. The van der Waals surface area contributed by atoms with Gasteiger partial charge >= 0.3 is 5.97 Å². The number of hydrogen-bond donors (Lipinski definition) is 2. The third-order valence-electron chi connectivity index (χ3n) is 1.34. The van der Waals surface area contributed by atoms with Crippen molar-refractivity contribution < 1.29 is 14.6 Å². The van der Waals surface area contributed by atoms with Crippen LogP contribution < -0.4 is 10.5 Å². The van der Waals surface area contributed by atoms with Crippen molar-refractivity contribution in [1.29, 1.82) is 0 Å². The lowest BCUT2D eigenvalue weighted by Crippen LogP contribution is -2.10. The average Bonchev–Trinajstić information content (AvgIpc) is 2.03. The summed E-state index contributed by atoms with van der Waals surface area (Å²) >= 11 is 5.72. The van der Waals surface area contributed by atoms with E-state index in [1.54, 1.807) is 18.2 Å². The van der Waals surface area contributed by atoms with E-state index < -0.39 is 12.6 Å². The molecule has 0 unspecified atom stereocenters. The molecule has 0 bridgehead atoms. The van der Waals surface area contributed by atoms with Crippen molar-refractivity contribution in [3.05, 3.63) is 23.2 Å². The van der Waals surface area contributed by atoms with Crippen LogP contribution in [0.5, 0.6) is 5.75 Å². The molecule has 0 saturated heterocycles. The van der Waals surface area contributed by atoms with Crippen LogP contribution in [0, 0.1) is 0 Å². The number of nitrogen functional groups attached to an aromatic ring is 1. The van der Waals surface area contributed by atoms with E-state index in [9.17, 15) is 4.79 Å². The molecule has 0 radical (unpaired) electrons. The minimum absolute atomic E-state index is 0.214. The number of carbonyl (C=O) groups is 1. The van der Waals surface area contributed by atoms with Crippen molar-refractivity contribution in [3.63, 3.8) is 0 Å². The Labute approximate surface area is 79.9 Å². The number of carboxylic acids is 1. The van der Waals surface area contributed by atoms with Gasteiger partial charge in [0.15, 0.2) is 12.4 Å². The molecule has 3 N–H and O–H groups in total. The van der Waals surface area contributed by atoms with Gasteiger partial charge in [-0.2, -0.15) is 0 Å². The molecule has 13 heavy (non-hydrogen) atoms. The van der Waals surface area contributed by atoms with Crippen molar-refractivity contribution >= 4 is 23.3 Å². The van der Waals surface area contributed by atoms with Gasteiger partial charge in [0.25, 0.3) is 0 Å². The molecular formula is C8H8ClNO3. The molecule has 0 saturated carbocycles. The molecule has 0 spiro atoms. The summed E-state index contributed by atoms with van der Waals surface area (Å²) in [5.41, 5.74) is 5.83. The number of ether oxygens (including phenoxy) is 1. The molecule has 0 aromatic heterocycles. The number of carboxylic acid groups (broad SMARTS) is 1. The zero-order chi connectivity index (χ0) is 9.84. The van der Waals surface area contributed by atoms with Gasteiger partial charge in [0.2, 0.25) is 0 Å². The summed E-state index contributed by atoms with van der Waals surface area (Å²) in [6.45, 7) is -0.450. The summed E-state index contributed by atoms with van der Waals surface area (Å²) in [6, 6.07) is 4.82. The molecule has 1 aromatic carbocycles. The molecule has 0 aliphatic heterocycles. The quantitative estimate of drug-likeness (QED) is 0.725. The molecule has 0 aliphatic carbocycles. The van der Waals surface area contributed by atoms with Crippen molar-refractivity contribution in [2.24, 2.45) is 0 Å². The van der Waals surface area contributed by atoms with E-state index in [1.165, 1.54) is 0 Å². The van der Waals surface area contributed by atoms with Crippen molar-refractivity contribution in [3.8, 4) is 5.75 Å². The van der Waals surface area contributed by atoms with Crippen LogP contribution in [0.4, 0.5) is 5.69 Å². The Hall–Kier alpha value is -1.42. The Bertz CT molecular complexity index is 307. The molecule has 1 rings (SSSR count). The highest BCUT2D eigenvalue weighted by Gasteiger charge is 2.07. The largest absolute Gasteiger partial charge is 0.479 e. The number of aliphatic carboxylic acids is 1. The maximum atomic E-state index is 10.2. The molecule has 0 heterocycles. The number of anilines is 1. The zero-order valence-electron chi connectivity index (χ0n) is 6.66. The minimum Gasteiger partial charge on any atom is -0.479 e. The van der Waals surface area contributed by atoms with Crippen molar-refractivity contribution in [2.45, 2.75) is 0 Å². The standard InChI is InChI=1S/C8H8ClNO3/c9-5-2-1-3-6(10)8(5)13-4-7(11)12/h1-3H,4,10H2,(H,11,12). The second-order valence-electron chi connectivity index (χ2n) is 2.34. The van der Waals surface area contributed by atoms with Crippen LogP contribution in [0.2, 0.25) is 5.02 Å². The Morgan fingerprint density at radius 2 is 2.31 bits per heavy atom. The van der Waals surface area contributed by atoms with Crippen LogP contribution >= 0.6 is 11.6 Å². The van der Waals surface area contributed by atoms with Crippen molar-refractivity contribution in [1.82, 2.24) is 0 Å². The summed E-state index contributed by atoms with van der Waals surface area (Å²) < 4.78 is 4.87. The lowest BCUT2D eigenvalue weighted by molar-refractivity contribution is -0.139. The summed E-state index contributed by atoms with van der Waals surface area (Å²) in [7, 11) is 0. The number of benzene rings is 1. The Kier molecular flexibility index (Phi) is 2.97. The maximum Gasteiger partial charge on any atom is 0.341 e. The fraction of sp³-hybridized carbons (Fsp3) is 0.125. The third kappa shape index (κ3) is 2.52. The maximum absolute atomic E-state index is 10.2. The molecular weight excluding hydrogens is 194 g/mol. The van der Waals surface area contributed by atoms with Crippen LogP contribution in [0.3, 0.4) is 0 Å². The Morgan fingerprint density at radius 3 is 2.85 bits per heavy atom.